The van der Waals surface area contributed by atoms with Crippen LogP contribution < -0.4 is 10.6 Å². The van der Waals surface area contributed by atoms with Crippen LogP contribution in [0.3, 0.4) is 0 Å². The molecule has 26 heavy (non-hydrogen) atoms. The van der Waals surface area contributed by atoms with Crippen molar-refractivity contribution in [3.05, 3.63) is 64.8 Å². The van der Waals surface area contributed by atoms with Crippen LogP contribution in [-0.2, 0) is 4.57 Å². The highest BCUT2D eigenvalue weighted by Crippen LogP contribution is 2.40. The van der Waals surface area contributed by atoms with Crippen molar-refractivity contribution in [3.8, 4) is 11.1 Å². The molecule has 0 amide bonds. The quantitative estimate of drug-likeness (QED) is 0.451. The van der Waals surface area contributed by atoms with Gasteiger partial charge in [0.05, 0.1) is 11.9 Å². The van der Waals surface area contributed by atoms with Gasteiger partial charge in [0.25, 0.3) is 0 Å². The largest absolute Gasteiger partial charge is 0.338 e. The van der Waals surface area contributed by atoms with E-state index in [2.05, 4.69) is 15.3 Å². The van der Waals surface area contributed by atoms with E-state index < -0.39 is 7.14 Å². The first-order valence-electron chi connectivity index (χ1n) is 7.65. The van der Waals surface area contributed by atoms with Crippen molar-refractivity contribution in [3.63, 3.8) is 0 Å². The second-order valence-electron chi connectivity index (χ2n) is 6.02. The molecule has 0 atom stereocenters. The Bertz CT molecular complexity index is 1020. The Hall–Kier alpha value is -1.94. The number of hydrogen-bond acceptors (Lipinski definition) is 4. The smallest absolute Gasteiger partial charge is 0.224 e. The minimum absolute atomic E-state index is 0.0395. The summed E-state index contributed by atoms with van der Waals surface area (Å²) >= 11 is 11.9. The van der Waals surface area contributed by atoms with Gasteiger partial charge < -0.3 is 9.88 Å². The normalized spacial score (nSPS) is 11.4. The van der Waals surface area contributed by atoms with Crippen LogP contribution in [-0.4, -0.2) is 23.3 Å². The van der Waals surface area contributed by atoms with Gasteiger partial charge in [-0.25, -0.2) is 9.37 Å². The van der Waals surface area contributed by atoms with Gasteiger partial charge in [0.15, 0.2) is 5.82 Å². The number of rotatable bonds is 4. The molecule has 0 saturated heterocycles. The zero-order valence-corrected chi connectivity index (χ0v) is 16.4. The maximum Gasteiger partial charge on any atom is 0.224 e. The predicted molar refractivity (Wildman–Crippen MR) is 106 cm³/mol. The SMILES string of the molecule is CP(C)(=O)c1cc(-c2ccccc2F)ccc1Nc1nc(Cl)ncc1Cl. The summed E-state index contributed by atoms with van der Waals surface area (Å²) in [6, 6.07) is 11.6. The van der Waals surface area contributed by atoms with Gasteiger partial charge in [-0.2, -0.15) is 4.98 Å². The lowest BCUT2D eigenvalue weighted by atomic mass is 10.0. The van der Waals surface area contributed by atoms with Crippen LogP contribution in [0.25, 0.3) is 11.1 Å². The molecule has 0 radical (unpaired) electrons. The molecular formula is C18H15Cl2FN3OP. The number of nitrogens with zero attached hydrogens (tertiary/aromatic N) is 2. The van der Waals surface area contributed by atoms with Crippen molar-refractivity contribution in [2.45, 2.75) is 0 Å². The van der Waals surface area contributed by atoms with Crippen LogP contribution in [0.4, 0.5) is 15.9 Å². The molecule has 3 rings (SSSR count). The number of nitrogens with one attached hydrogen (secondary N) is 1. The van der Waals surface area contributed by atoms with Gasteiger partial charge in [-0.05, 0) is 48.7 Å². The monoisotopic (exact) mass is 409 g/mol. The Morgan fingerprint density at radius 1 is 1.12 bits per heavy atom. The number of aromatic nitrogens is 2. The number of anilines is 2. The Morgan fingerprint density at radius 3 is 2.54 bits per heavy atom. The second kappa shape index (κ2) is 7.36. The molecule has 1 heterocycles. The van der Waals surface area contributed by atoms with E-state index in [0.717, 1.165) is 0 Å². The number of hydrogen-bond donors (Lipinski definition) is 1. The van der Waals surface area contributed by atoms with Crippen molar-refractivity contribution in [2.24, 2.45) is 0 Å². The number of benzene rings is 2. The van der Waals surface area contributed by atoms with Gasteiger partial charge in [-0.1, -0.05) is 35.9 Å². The highest BCUT2D eigenvalue weighted by atomic mass is 35.5. The van der Waals surface area contributed by atoms with Gasteiger partial charge in [0.1, 0.15) is 18.0 Å². The van der Waals surface area contributed by atoms with E-state index in [-0.39, 0.29) is 16.1 Å². The summed E-state index contributed by atoms with van der Waals surface area (Å²) in [4.78, 5) is 7.85. The lowest BCUT2D eigenvalue weighted by Gasteiger charge is -2.17. The third-order valence-corrected chi connectivity index (χ3v) is 5.72. The molecule has 2 aromatic carbocycles. The molecule has 1 aromatic heterocycles. The van der Waals surface area contributed by atoms with Crippen LogP contribution in [0, 0.1) is 5.82 Å². The summed E-state index contributed by atoms with van der Waals surface area (Å²) in [5.74, 6) is -0.0353. The Labute approximate surface area is 160 Å². The maximum absolute atomic E-state index is 14.1. The first-order chi connectivity index (χ1) is 12.3. The average Bonchev–Trinajstić information content (AvgIpc) is 2.58. The van der Waals surface area contributed by atoms with Crippen molar-refractivity contribution >= 4 is 47.2 Å². The highest BCUT2D eigenvalue weighted by Gasteiger charge is 2.19. The lowest BCUT2D eigenvalue weighted by Crippen LogP contribution is -2.11. The van der Waals surface area contributed by atoms with E-state index in [9.17, 15) is 8.96 Å². The van der Waals surface area contributed by atoms with Crippen molar-refractivity contribution in [1.29, 1.82) is 0 Å². The minimum atomic E-state index is -2.69. The van der Waals surface area contributed by atoms with Gasteiger partial charge in [0, 0.05) is 10.9 Å². The molecule has 0 aliphatic carbocycles. The topological polar surface area (TPSA) is 54.9 Å². The molecule has 4 nitrogen and oxygen atoms in total. The molecule has 1 N–H and O–H groups in total. The molecule has 3 aromatic rings. The highest BCUT2D eigenvalue weighted by molar-refractivity contribution is 7.70. The van der Waals surface area contributed by atoms with Gasteiger partial charge >= 0.3 is 0 Å². The average molecular weight is 410 g/mol. The fraction of sp³-hybridized carbons (Fsp3) is 0.111. The molecule has 0 unspecified atom stereocenters. The molecule has 0 saturated carbocycles. The fourth-order valence-corrected chi connectivity index (χ4v) is 3.94. The van der Waals surface area contributed by atoms with Crippen molar-refractivity contribution in [1.82, 2.24) is 9.97 Å². The summed E-state index contributed by atoms with van der Waals surface area (Å²) in [5, 5.41) is 3.93. The number of halogens is 3. The van der Waals surface area contributed by atoms with Crippen LogP contribution in [0.5, 0.6) is 0 Å². The Balaban J connectivity index is 2.10. The molecular weight excluding hydrogens is 395 g/mol. The first-order valence-corrected chi connectivity index (χ1v) is 11.0. The predicted octanol–water partition coefficient (Wildman–Crippen LogP) is 5.58. The van der Waals surface area contributed by atoms with Crippen LogP contribution in [0.2, 0.25) is 10.3 Å². The standard InChI is InChI=1S/C18H15Cl2FN3OP/c1-26(2,25)16-9-11(12-5-3-4-6-14(12)21)7-8-15(16)23-17-13(19)10-22-18(20)24-17/h3-10H,1-2H3,(H,22,23,24). The summed E-state index contributed by atoms with van der Waals surface area (Å²) in [5.41, 5.74) is 1.64. The van der Waals surface area contributed by atoms with Crippen molar-refractivity contribution < 1.29 is 8.96 Å². The maximum atomic E-state index is 14.1. The molecule has 0 bridgehead atoms. The Morgan fingerprint density at radius 2 is 1.85 bits per heavy atom. The fourth-order valence-electron chi connectivity index (χ4n) is 2.51. The van der Waals surface area contributed by atoms with E-state index in [4.69, 9.17) is 23.2 Å². The first kappa shape index (κ1) is 18.8. The Kier molecular flexibility index (Phi) is 5.33. The molecule has 0 aliphatic rings. The molecule has 134 valence electrons. The van der Waals surface area contributed by atoms with Crippen LogP contribution >= 0.6 is 30.3 Å². The van der Waals surface area contributed by atoms with E-state index in [0.29, 0.717) is 27.9 Å². The molecule has 8 heteroatoms. The van der Waals surface area contributed by atoms with E-state index in [1.807, 2.05) is 0 Å². The summed E-state index contributed by atoms with van der Waals surface area (Å²) < 4.78 is 26.9. The third kappa shape index (κ3) is 4.07. The molecule has 0 aliphatic heterocycles. The zero-order valence-electron chi connectivity index (χ0n) is 14.0. The summed E-state index contributed by atoms with van der Waals surface area (Å²) in [6.45, 7) is 3.29. The third-order valence-electron chi connectivity index (χ3n) is 3.73. The van der Waals surface area contributed by atoms with E-state index in [1.54, 1.807) is 49.7 Å². The second-order valence-corrected chi connectivity index (χ2v) is 9.95. The van der Waals surface area contributed by atoms with Crippen LogP contribution in [0.1, 0.15) is 0 Å². The van der Waals surface area contributed by atoms with Crippen molar-refractivity contribution in [2.75, 3.05) is 18.6 Å². The molecule has 0 spiro atoms. The van der Waals surface area contributed by atoms with Gasteiger partial charge in [0.2, 0.25) is 5.28 Å². The van der Waals surface area contributed by atoms with E-state index in [1.165, 1.54) is 12.3 Å². The van der Waals surface area contributed by atoms with Crippen LogP contribution in [0.15, 0.2) is 48.7 Å². The lowest BCUT2D eigenvalue weighted by molar-refractivity contribution is 0.588. The zero-order chi connectivity index (χ0) is 18.9. The molecule has 0 fully saturated rings. The van der Waals surface area contributed by atoms with Gasteiger partial charge in [-0.3, -0.25) is 0 Å². The van der Waals surface area contributed by atoms with Gasteiger partial charge in [-0.15, -0.1) is 0 Å². The minimum Gasteiger partial charge on any atom is -0.338 e. The summed E-state index contributed by atoms with van der Waals surface area (Å²) in [6.07, 6.45) is 1.38. The summed E-state index contributed by atoms with van der Waals surface area (Å²) in [7, 11) is -2.69. The van der Waals surface area contributed by atoms with E-state index >= 15 is 0 Å².